The van der Waals surface area contributed by atoms with Crippen molar-refractivity contribution in [3.05, 3.63) is 23.9 Å². The number of ether oxygens (including phenoxy) is 2. The normalized spacial score (nSPS) is 20.1. The molecule has 7 nitrogen and oxygen atoms in total. The van der Waals surface area contributed by atoms with Gasteiger partial charge in [-0.15, -0.1) is 0 Å². The number of carbonyl (C=O) groups excluding carboxylic acids is 1. The molecule has 3 rings (SSSR count). The Balaban J connectivity index is 1.41. The van der Waals surface area contributed by atoms with Crippen LogP contribution in [0.2, 0.25) is 0 Å². The van der Waals surface area contributed by atoms with E-state index in [0.29, 0.717) is 25.6 Å². The first kappa shape index (κ1) is 17.1. The lowest BCUT2D eigenvalue weighted by atomic mass is 10.2. The van der Waals surface area contributed by atoms with E-state index in [1.165, 1.54) is 5.56 Å². The summed E-state index contributed by atoms with van der Waals surface area (Å²) in [4.78, 5) is 23.1. The molecule has 1 amide bonds. The molecule has 1 aromatic rings. The number of hydrogen-bond donors (Lipinski definition) is 0. The lowest BCUT2D eigenvalue weighted by Crippen LogP contribution is -2.51. The maximum absolute atomic E-state index is 12.3. The van der Waals surface area contributed by atoms with Crippen LogP contribution in [0.25, 0.3) is 0 Å². The van der Waals surface area contributed by atoms with Gasteiger partial charge in [0.25, 0.3) is 0 Å². The van der Waals surface area contributed by atoms with Crippen molar-refractivity contribution in [3.63, 3.8) is 0 Å². The zero-order chi connectivity index (χ0) is 16.8. The molecule has 0 unspecified atom stereocenters. The van der Waals surface area contributed by atoms with Crippen LogP contribution in [0.3, 0.4) is 0 Å². The molecule has 3 heterocycles. The molecule has 0 N–H and O–H groups in total. The predicted octanol–water partition coefficient (Wildman–Crippen LogP) is 0.0666. The fraction of sp³-hybridized carbons (Fsp3) is 0.647. The monoisotopic (exact) mass is 334 g/mol. The van der Waals surface area contributed by atoms with Crippen LogP contribution in [-0.4, -0.2) is 91.7 Å². The number of piperazine rings is 1. The number of aromatic nitrogens is 1. The second-order valence-corrected chi connectivity index (χ2v) is 6.25. The Morgan fingerprint density at radius 2 is 1.83 bits per heavy atom. The molecule has 24 heavy (non-hydrogen) atoms. The Hall–Kier alpha value is -1.70. The lowest BCUT2D eigenvalue weighted by Gasteiger charge is -2.36. The summed E-state index contributed by atoms with van der Waals surface area (Å²) in [5.41, 5.74) is 1.19. The molecule has 0 saturated carbocycles. The minimum atomic E-state index is 0.228. The highest BCUT2D eigenvalue weighted by atomic mass is 16.5. The predicted molar refractivity (Wildman–Crippen MR) is 89.9 cm³/mol. The molecule has 0 aliphatic carbocycles. The van der Waals surface area contributed by atoms with E-state index in [2.05, 4.69) is 20.9 Å². The van der Waals surface area contributed by atoms with Crippen LogP contribution in [0.4, 0.5) is 0 Å². The zero-order valence-corrected chi connectivity index (χ0v) is 14.3. The lowest BCUT2D eigenvalue weighted by molar-refractivity contribution is -0.136. The van der Waals surface area contributed by atoms with Crippen molar-refractivity contribution >= 4 is 5.91 Å². The van der Waals surface area contributed by atoms with Crippen molar-refractivity contribution in [2.75, 3.05) is 66.1 Å². The fourth-order valence-electron chi connectivity index (χ4n) is 3.09. The molecule has 0 spiro atoms. The molecule has 1 aromatic heterocycles. The Labute approximate surface area is 143 Å². The highest BCUT2D eigenvalue weighted by molar-refractivity contribution is 5.78. The number of methoxy groups -OCH3 is 1. The van der Waals surface area contributed by atoms with E-state index in [1.54, 1.807) is 7.11 Å². The van der Waals surface area contributed by atoms with Gasteiger partial charge in [0.15, 0.2) is 0 Å². The topological polar surface area (TPSA) is 58.1 Å². The summed E-state index contributed by atoms with van der Waals surface area (Å²) in [6, 6.07) is 3.95. The van der Waals surface area contributed by atoms with E-state index in [9.17, 15) is 4.79 Å². The minimum absolute atomic E-state index is 0.228. The highest BCUT2D eigenvalue weighted by Crippen LogP contribution is 2.11. The summed E-state index contributed by atoms with van der Waals surface area (Å²) in [5.74, 6) is 0.872. The Kier molecular flexibility index (Phi) is 6.01. The summed E-state index contributed by atoms with van der Waals surface area (Å²) >= 11 is 0. The number of rotatable bonds is 5. The first-order chi connectivity index (χ1) is 11.7. The number of nitrogens with zero attached hydrogens (tertiary/aromatic N) is 4. The summed E-state index contributed by atoms with van der Waals surface area (Å²) in [6.45, 7) is 8.00. The number of amides is 1. The van der Waals surface area contributed by atoms with Crippen molar-refractivity contribution in [2.24, 2.45) is 0 Å². The third kappa shape index (κ3) is 4.66. The molecule has 0 atom stereocenters. The average molecular weight is 334 g/mol. The maximum Gasteiger partial charge on any atom is 0.236 e. The molecule has 132 valence electrons. The molecule has 2 aliphatic heterocycles. The zero-order valence-electron chi connectivity index (χ0n) is 14.3. The van der Waals surface area contributed by atoms with Gasteiger partial charge in [0, 0.05) is 58.1 Å². The van der Waals surface area contributed by atoms with Crippen molar-refractivity contribution in [2.45, 2.75) is 6.54 Å². The van der Waals surface area contributed by atoms with Crippen molar-refractivity contribution < 1.29 is 14.3 Å². The summed E-state index contributed by atoms with van der Waals surface area (Å²) in [6.07, 6.45) is 1.87. The van der Waals surface area contributed by atoms with Gasteiger partial charge >= 0.3 is 0 Å². The number of hydrogen-bond acceptors (Lipinski definition) is 6. The standard InChI is InChI=1S/C17H26N4O3/c1-23-16-3-2-15(12-18-16)13-19-4-6-20(7-5-19)14-17(22)21-8-10-24-11-9-21/h2-3,12H,4-11,13-14H2,1H3. The molecule has 2 aliphatic rings. The molecule has 7 heteroatoms. The second kappa shape index (κ2) is 8.41. The van der Waals surface area contributed by atoms with Crippen LogP contribution < -0.4 is 4.74 Å². The van der Waals surface area contributed by atoms with Crippen LogP contribution in [0, 0.1) is 0 Å². The van der Waals surface area contributed by atoms with E-state index in [0.717, 1.165) is 45.8 Å². The van der Waals surface area contributed by atoms with Gasteiger partial charge in [-0.25, -0.2) is 4.98 Å². The van der Waals surface area contributed by atoms with E-state index < -0.39 is 0 Å². The van der Waals surface area contributed by atoms with E-state index in [-0.39, 0.29) is 5.91 Å². The second-order valence-electron chi connectivity index (χ2n) is 6.25. The smallest absolute Gasteiger partial charge is 0.236 e. The van der Waals surface area contributed by atoms with Gasteiger partial charge in [-0.3, -0.25) is 14.6 Å². The summed E-state index contributed by atoms with van der Waals surface area (Å²) in [7, 11) is 1.62. The molecule has 2 fully saturated rings. The number of morpholine rings is 1. The van der Waals surface area contributed by atoms with Crippen molar-refractivity contribution in [1.82, 2.24) is 19.7 Å². The minimum Gasteiger partial charge on any atom is -0.481 e. The SMILES string of the molecule is COc1ccc(CN2CCN(CC(=O)N3CCOCC3)CC2)cn1. The van der Waals surface area contributed by atoms with Crippen LogP contribution >= 0.6 is 0 Å². The highest BCUT2D eigenvalue weighted by Gasteiger charge is 2.22. The molecule has 0 aromatic carbocycles. The number of carbonyl (C=O) groups is 1. The Morgan fingerprint density at radius 1 is 1.12 bits per heavy atom. The quantitative estimate of drug-likeness (QED) is 0.759. The van der Waals surface area contributed by atoms with Gasteiger partial charge in [-0.2, -0.15) is 0 Å². The van der Waals surface area contributed by atoms with Crippen LogP contribution in [0.5, 0.6) is 5.88 Å². The average Bonchev–Trinajstić information content (AvgIpc) is 2.65. The first-order valence-electron chi connectivity index (χ1n) is 8.54. The number of pyridine rings is 1. The van der Waals surface area contributed by atoms with Gasteiger partial charge in [0.2, 0.25) is 11.8 Å². The molecule has 2 saturated heterocycles. The fourth-order valence-corrected chi connectivity index (χ4v) is 3.09. The Bertz CT molecular complexity index is 523. The van der Waals surface area contributed by atoms with E-state index in [1.807, 2.05) is 17.2 Å². The molecular weight excluding hydrogens is 308 g/mol. The van der Waals surface area contributed by atoms with Gasteiger partial charge in [-0.05, 0) is 5.56 Å². The third-order valence-electron chi connectivity index (χ3n) is 4.60. The van der Waals surface area contributed by atoms with Crippen molar-refractivity contribution in [1.29, 1.82) is 0 Å². The van der Waals surface area contributed by atoms with Gasteiger partial charge in [0.1, 0.15) is 0 Å². The van der Waals surface area contributed by atoms with E-state index in [4.69, 9.17) is 9.47 Å². The van der Waals surface area contributed by atoms with E-state index >= 15 is 0 Å². The molecule has 0 radical (unpaired) electrons. The van der Waals surface area contributed by atoms with Crippen LogP contribution in [0.1, 0.15) is 5.56 Å². The summed E-state index contributed by atoms with van der Waals surface area (Å²) < 4.78 is 10.4. The van der Waals surface area contributed by atoms with Gasteiger partial charge < -0.3 is 14.4 Å². The maximum atomic E-state index is 12.3. The van der Waals surface area contributed by atoms with Gasteiger partial charge in [0.05, 0.1) is 26.9 Å². The summed E-state index contributed by atoms with van der Waals surface area (Å²) in [5, 5.41) is 0. The molecular formula is C17H26N4O3. The third-order valence-corrected chi connectivity index (χ3v) is 4.60. The first-order valence-corrected chi connectivity index (χ1v) is 8.54. The van der Waals surface area contributed by atoms with Crippen LogP contribution in [0.15, 0.2) is 18.3 Å². The Morgan fingerprint density at radius 3 is 2.46 bits per heavy atom. The van der Waals surface area contributed by atoms with Crippen molar-refractivity contribution in [3.8, 4) is 5.88 Å². The van der Waals surface area contributed by atoms with Crippen LogP contribution in [-0.2, 0) is 16.1 Å². The largest absolute Gasteiger partial charge is 0.481 e. The van der Waals surface area contributed by atoms with Gasteiger partial charge in [-0.1, -0.05) is 6.07 Å². The molecule has 0 bridgehead atoms.